The molecular weight excluding hydrogens is 1110 g/mol. The third kappa shape index (κ3) is 12.3. The summed E-state index contributed by atoms with van der Waals surface area (Å²) >= 11 is 4.79. The van der Waals surface area contributed by atoms with Gasteiger partial charge in [0, 0.05) is 71.2 Å². The van der Waals surface area contributed by atoms with E-state index in [-0.39, 0.29) is 107 Å². The molecule has 0 saturated carbocycles. The molecule has 4 aromatic rings. The van der Waals surface area contributed by atoms with Crippen molar-refractivity contribution >= 4 is 121 Å². The van der Waals surface area contributed by atoms with E-state index in [1.807, 2.05) is 26.0 Å². The summed E-state index contributed by atoms with van der Waals surface area (Å²) in [4.78, 5) is 131. The minimum absolute atomic E-state index is 0.0699. The van der Waals surface area contributed by atoms with Gasteiger partial charge in [-0.05, 0) is 32.5 Å². The Bertz CT molecular complexity index is 3220. The van der Waals surface area contributed by atoms with Crippen molar-refractivity contribution in [1.82, 2.24) is 40.2 Å². The molecule has 8 N–H and O–H groups in total. The number of carbonyl (C=O) groups excluding carboxylic acids is 6. The number of thioether (sulfide) groups is 2. The van der Waals surface area contributed by atoms with E-state index in [1.165, 1.54) is 53.4 Å². The van der Waals surface area contributed by atoms with Gasteiger partial charge < -0.3 is 51.8 Å². The van der Waals surface area contributed by atoms with Crippen molar-refractivity contribution in [3.63, 3.8) is 0 Å². The number of likely N-dealkylation sites (N-methyl/N-ethyl adjacent to an activating group) is 3. The summed E-state index contributed by atoms with van der Waals surface area (Å²) in [6.07, 6.45) is 6.94. The maximum atomic E-state index is 13.8. The van der Waals surface area contributed by atoms with Crippen LogP contribution in [0.5, 0.6) is 0 Å². The fraction of sp³-hybridized carbons (Fsp3) is 0.375. The van der Waals surface area contributed by atoms with Crippen LogP contribution in [0.25, 0.3) is 0 Å². The summed E-state index contributed by atoms with van der Waals surface area (Å²) < 4.78 is 3.49. The van der Waals surface area contributed by atoms with Gasteiger partial charge in [0.1, 0.15) is 65.5 Å². The smallest absolute Gasteiger partial charge is 0.352 e. The highest BCUT2D eigenvalue weighted by atomic mass is 32.2. The predicted octanol–water partition coefficient (Wildman–Crippen LogP) is -0.749. The maximum absolute atomic E-state index is 13.8. The van der Waals surface area contributed by atoms with E-state index in [0.717, 1.165) is 33.1 Å². The number of nitrogens with zero attached hydrogens (tertiary/aromatic N) is 11. The first-order chi connectivity index (χ1) is 37.8. The van der Waals surface area contributed by atoms with Crippen molar-refractivity contribution in [2.24, 2.45) is 10.3 Å². The molecule has 0 aromatic carbocycles. The van der Waals surface area contributed by atoms with E-state index in [2.05, 4.69) is 30.9 Å². The van der Waals surface area contributed by atoms with Gasteiger partial charge in [-0.25, -0.2) is 24.1 Å². The van der Waals surface area contributed by atoms with Crippen LogP contribution in [0.15, 0.2) is 92.7 Å². The Morgan fingerprint density at radius 3 is 1.68 bits per heavy atom. The highest BCUT2D eigenvalue weighted by molar-refractivity contribution is 8.00. The zero-order valence-corrected chi connectivity index (χ0v) is 46.4. The fourth-order valence-electron chi connectivity index (χ4n) is 9.12. The molecule has 79 heavy (non-hydrogen) atoms. The maximum Gasteiger partial charge on any atom is 0.352 e. The van der Waals surface area contributed by atoms with Crippen LogP contribution in [0, 0.1) is 0 Å². The lowest BCUT2D eigenvalue weighted by Gasteiger charge is -2.49. The summed E-state index contributed by atoms with van der Waals surface area (Å²) in [5, 5.41) is 35.5. The molecular formula is C48H55N15O12S4+2. The van der Waals surface area contributed by atoms with E-state index in [0.29, 0.717) is 23.4 Å². The lowest BCUT2D eigenvalue weighted by molar-refractivity contribution is -0.689. The van der Waals surface area contributed by atoms with Crippen molar-refractivity contribution in [3.05, 3.63) is 99.3 Å². The van der Waals surface area contributed by atoms with Gasteiger partial charge in [-0.3, -0.25) is 43.5 Å². The number of fused-ring (bicyclic) bond motifs is 2. The zero-order valence-electron chi connectivity index (χ0n) is 43.1. The Hall–Kier alpha value is -8.00. The number of β-lactam (4-membered cyclic amide) rings is 2. The number of pyridine rings is 2. The fourth-order valence-corrected chi connectivity index (χ4v) is 12.9. The average Bonchev–Trinajstić information content (AvgIpc) is 4.24. The normalized spacial score (nSPS) is 19.0. The van der Waals surface area contributed by atoms with Crippen molar-refractivity contribution in [2.75, 3.05) is 75.3 Å². The second kappa shape index (κ2) is 24.8. The number of carboxylic acids is 2. The van der Waals surface area contributed by atoms with Crippen molar-refractivity contribution in [1.29, 1.82) is 0 Å². The van der Waals surface area contributed by atoms with Gasteiger partial charge in [-0.1, -0.05) is 10.3 Å². The van der Waals surface area contributed by atoms with Gasteiger partial charge >= 0.3 is 11.9 Å². The minimum Gasteiger partial charge on any atom is -0.477 e. The molecule has 4 atom stereocenters. The van der Waals surface area contributed by atoms with E-state index in [4.69, 9.17) is 21.1 Å². The first kappa shape index (κ1) is 57.2. The number of aromatic nitrogens is 4. The van der Waals surface area contributed by atoms with Gasteiger partial charge in [0.25, 0.3) is 23.6 Å². The SMILES string of the molecule is CCN(Cc1cc[n+](CC2=C(C(=O)O)N3C(=O)C(NC(=O)/C(=N\OC)c4csc(N)n4)C3SC2)cc1)C(=O)CN(C)CC(=O)N(CC)c1ccc[n+](CC2=C(C(=O)O)N3C(=O)C(NC(=O)/C(=N\OC)c4csc(N)n4)C3SC2)c1. The number of amides is 6. The van der Waals surface area contributed by atoms with Crippen LogP contribution in [-0.2, 0) is 67.7 Å². The van der Waals surface area contributed by atoms with Crippen LogP contribution in [0.2, 0.25) is 0 Å². The van der Waals surface area contributed by atoms with Crippen LogP contribution < -0.4 is 36.1 Å². The number of aliphatic carboxylic acids is 2. The lowest BCUT2D eigenvalue weighted by atomic mass is 10.0. The van der Waals surface area contributed by atoms with Crippen LogP contribution in [0.3, 0.4) is 0 Å². The molecule has 0 aliphatic carbocycles. The molecule has 0 radical (unpaired) electrons. The highest BCUT2D eigenvalue weighted by Crippen LogP contribution is 2.42. The van der Waals surface area contributed by atoms with Crippen LogP contribution in [0.1, 0.15) is 30.8 Å². The molecule has 4 aliphatic heterocycles. The van der Waals surface area contributed by atoms with Crippen LogP contribution in [-0.4, -0.2) is 180 Å². The Balaban J connectivity index is 0.838. The number of nitrogens with one attached hydrogen (secondary N) is 2. The number of hydrogen-bond donors (Lipinski definition) is 6. The summed E-state index contributed by atoms with van der Waals surface area (Å²) in [5.41, 5.74) is 13.3. The molecule has 4 unspecified atom stereocenters. The molecule has 0 spiro atoms. The van der Waals surface area contributed by atoms with Gasteiger partial charge in [-0.15, -0.1) is 46.2 Å². The first-order valence-electron chi connectivity index (χ1n) is 24.2. The van der Waals surface area contributed by atoms with E-state index >= 15 is 0 Å². The number of rotatable bonds is 23. The summed E-state index contributed by atoms with van der Waals surface area (Å²) in [5.74, 6) is -5.31. The molecule has 8 rings (SSSR count). The number of carbonyl (C=O) groups is 8. The van der Waals surface area contributed by atoms with Crippen LogP contribution >= 0.6 is 46.2 Å². The average molecular weight is 1160 g/mol. The largest absolute Gasteiger partial charge is 0.477 e. The Labute approximate surface area is 467 Å². The van der Waals surface area contributed by atoms with Gasteiger partial charge in [0.15, 0.2) is 59.6 Å². The van der Waals surface area contributed by atoms with E-state index in [9.17, 15) is 48.6 Å². The van der Waals surface area contributed by atoms with Crippen molar-refractivity contribution in [2.45, 2.75) is 56.3 Å². The second-order valence-corrected chi connectivity index (χ2v) is 21.9. The van der Waals surface area contributed by atoms with E-state index < -0.39 is 58.4 Å². The second-order valence-electron chi connectivity index (χ2n) is 18.0. The minimum atomic E-state index is -1.31. The monoisotopic (exact) mass is 1160 g/mol. The molecule has 416 valence electrons. The summed E-state index contributed by atoms with van der Waals surface area (Å²) in [6, 6.07) is 5.03. The van der Waals surface area contributed by atoms with Crippen LogP contribution in [0.4, 0.5) is 16.0 Å². The van der Waals surface area contributed by atoms with Gasteiger partial charge in [0.2, 0.25) is 11.8 Å². The standard InChI is InChI=1S/C48H53N15O12S4/c1-6-60(15-25-10-13-58(14-11-25)16-26-21-76-43-35(41(68)62(43)37(26)45(70)71)53-39(66)33(55-74-4)29-23-78-47(49)51-29)31(64)19-57(3)20-32(65)61(7-2)28-9-8-12-59(18-28)17-27-22-77-44-36(42(69)63(44)38(27)46(72)73)54-40(67)34(56-75-5)30-24-79-48(50)52-30/h8-14,18,23-24,35-36,43-44H,6-7,15-17,19-22H2,1-5H3,(H6-2,49,50,51,52,53,54,66,67,70,71,72,73)/p+2/b55-33-,56-34-. The topological polar surface area (TPSA) is 346 Å². The number of anilines is 3. The molecule has 6 amide bonds. The van der Waals surface area contributed by atoms with Crippen molar-refractivity contribution in [3.8, 4) is 0 Å². The predicted molar refractivity (Wildman–Crippen MR) is 289 cm³/mol. The summed E-state index contributed by atoms with van der Waals surface area (Å²) in [6.45, 7) is 4.62. The lowest BCUT2D eigenvalue weighted by Crippen LogP contribution is -2.71. The highest BCUT2D eigenvalue weighted by Gasteiger charge is 2.56. The molecule has 2 saturated heterocycles. The third-order valence-corrected chi connectivity index (χ3v) is 16.8. The number of carboxylic acid groups (broad SMARTS) is 2. The molecule has 0 bridgehead atoms. The van der Waals surface area contributed by atoms with E-state index in [1.54, 1.807) is 67.8 Å². The Kier molecular flexibility index (Phi) is 17.9. The third-order valence-electron chi connectivity index (χ3n) is 12.8. The number of nitrogens with two attached hydrogens (primary N) is 2. The molecule has 2 fully saturated rings. The Morgan fingerprint density at radius 1 is 0.747 bits per heavy atom. The van der Waals surface area contributed by atoms with Gasteiger partial charge in [0.05, 0.1) is 13.1 Å². The molecule has 4 aliphatic rings. The number of nitrogen functional groups attached to an aromatic ring is 2. The number of thiazole rings is 2. The van der Waals surface area contributed by atoms with Gasteiger partial charge in [-0.2, -0.15) is 4.57 Å². The Morgan fingerprint density at radius 2 is 1.24 bits per heavy atom. The molecule has 4 aromatic heterocycles. The molecule has 8 heterocycles. The number of hydrogen-bond acceptors (Lipinski definition) is 21. The zero-order chi connectivity index (χ0) is 56.8. The van der Waals surface area contributed by atoms with Crippen molar-refractivity contribution < 1.29 is 67.4 Å². The molecule has 27 nitrogen and oxygen atoms in total. The quantitative estimate of drug-likeness (QED) is 0.0230. The number of oxime groups is 2. The summed E-state index contributed by atoms with van der Waals surface area (Å²) in [7, 11) is 4.18. The first-order valence-corrected chi connectivity index (χ1v) is 28.0. The molecule has 31 heteroatoms.